The maximum atomic E-state index is 9.72. The minimum Gasteiger partial charge on any atom is -0.393 e. The van der Waals surface area contributed by atoms with Gasteiger partial charge in [0.15, 0.2) is 0 Å². The van der Waals surface area contributed by atoms with Gasteiger partial charge in [-0.15, -0.1) is 0 Å². The second kappa shape index (κ2) is 5.59. The standard InChI is InChI=1S/C10H22O/c1-5-7-9(4)10(11)8(3)6-2/h8-11H,5-7H2,1-4H3/t8-,9+,10+/m1/s1. The van der Waals surface area contributed by atoms with Crippen molar-refractivity contribution in [3.63, 3.8) is 0 Å². The molecule has 0 aromatic heterocycles. The summed E-state index contributed by atoms with van der Waals surface area (Å²) in [5, 5.41) is 9.72. The van der Waals surface area contributed by atoms with E-state index in [-0.39, 0.29) is 6.10 Å². The van der Waals surface area contributed by atoms with Gasteiger partial charge in [-0.3, -0.25) is 0 Å². The maximum Gasteiger partial charge on any atom is 0.0591 e. The van der Waals surface area contributed by atoms with E-state index in [0.717, 1.165) is 12.8 Å². The van der Waals surface area contributed by atoms with Crippen molar-refractivity contribution in [1.29, 1.82) is 0 Å². The van der Waals surface area contributed by atoms with Crippen molar-refractivity contribution in [1.82, 2.24) is 0 Å². The first-order chi connectivity index (χ1) is 5.13. The largest absolute Gasteiger partial charge is 0.393 e. The van der Waals surface area contributed by atoms with Gasteiger partial charge in [0, 0.05) is 0 Å². The predicted octanol–water partition coefficient (Wildman–Crippen LogP) is 2.83. The van der Waals surface area contributed by atoms with Crippen molar-refractivity contribution in [2.75, 3.05) is 0 Å². The first-order valence-corrected chi connectivity index (χ1v) is 4.81. The Balaban J connectivity index is 3.70. The molecule has 0 aromatic rings. The van der Waals surface area contributed by atoms with Crippen LogP contribution in [-0.4, -0.2) is 11.2 Å². The summed E-state index contributed by atoms with van der Waals surface area (Å²) in [6.07, 6.45) is 3.30. The van der Waals surface area contributed by atoms with Crippen LogP contribution in [-0.2, 0) is 0 Å². The highest BCUT2D eigenvalue weighted by molar-refractivity contribution is 4.69. The molecule has 0 aliphatic carbocycles. The monoisotopic (exact) mass is 158 g/mol. The molecule has 11 heavy (non-hydrogen) atoms. The fourth-order valence-corrected chi connectivity index (χ4v) is 1.43. The Bertz CT molecular complexity index is 90.9. The Kier molecular flexibility index (Phi) is 5.57. The van der Waals surface area contributed by atoms with Crippen molar-refractivity contribution in [2.45, 2.75) is 53.1 Å². The number of aliphatic hydroxyl groups is 1. The van der Waals surface area contributed by atoms with Crippen LogP contribution in [0.1, 0.15) is 47.0 Å². The summed E-state index contributed by atoms with van der Waals surface area (Å²) in [4.78, 5) is 0. The molecule has 0 aromatic carbocycles. The van der Waals surface area contributed by atoms with E-state index in [1.807, 2.05) is 0 Å². The molecule has 1 heteroatoms. The molecule has 3 atom stereocenters. The van der Waals surface area contributed by atoms with Gasteiger partial charge in [-0.05, 0) is 18.3 Å². The maximum absolute atomic E-state index is 9.72. The highest BCUT2D eigenvalue weighted by Crippen LogP contribution is 2.19. The molecule has 0 radical (unpaired) electrons. The minimum atomic E-state index is -0.0973. The Morgan fingerprint density at radius 1 is 1.09 bits per heavy atom. The Morgan fingerprint density at radius 3 is 2.00 bits per heavy atom. The van der Waals surface area contributed by atoms with Crippen molar-refractivity contribution in [3.05, 3.63) is 0 Å². The van der Waals surface area contributed by atoms with Crippen LogP contribution in [0, 0.1) is 11.8 Å². The molecular formula is C10H22O. The fourth-order valence-electron chi connectivity index (χ4n) is 1.43. The third-order valence-electron chi connectivity index (χ3n) is 2.55. The average molecular weight is 158 g/mol. The topological polar surface area (TPSA) is 20.2 Å². The van der Waals surface area contributed by atoms with Gasteiger partial charge in [0.25, 0.3) is 0 Å². The zero-order valence-electron chi connectivity index (χ0n) is 8.30. The van der Waals surface area contributed by atoms with Crippen molar-refractivity contribution in [3.8, 4) is 0 Å². The zero-order chi connectivity index (χ0) is 8.85. The molecule has 0 rings (SSSR count). The van der Waals surface area contributed by atoms with Gasteiger partial charge in [0.05, 0.1) is 6.10 Å². The van der Waals surface area contributed by atoms with Crippen LogP contribution >= 0.6 is 0 Å². The van der Waals surface area contributed by atoms with Gasteiger partial charge in [-0.25, -0.2) is 0 Å². The molecule has 0 saturated heterocycles. The van der Waals surface area contributed by atoms with Crippen molar-refractivity contribution < 1.29 is 5.11 Å². The van der Waals surface area contributed by atoms with E-state index in [4.69, 9.17) is 0 Å². The lowest BCUT2D eigenvalue weighted by atomic mass is 9.89. The second-order valence-electron chi connectivity index (χ2n) is 3.64. The van der Waals surface area contributed by atoms with Gasteiger partial charge in [-0.1, -0.05) is 40.5 Å². The number of hydrogen-bond donors (Lipinski definition) is 1. The first kappa shape index (κ1) is 11.0. The van der Waals surface area contributed by atoms with Crippen LogP contribution in [0.2, 0.25) is 0 Å². The smallest absolute Gasteiger partial charge is 0.0591 e. The lowest BCUT2D eigenvalue weighted by Gasteiger charge is -2.23. The van der Waals surface area contributed by atoms with Crippen LogP contribution in [0.3, 0.4) is 0 Å². The van der Waals surface area contributed by atoms with Gasteiger partial charge in [-0.2, -0.15) is 0 Å². The van der Waals surface area contributed by atoms with E-state index in [1.165, 1.54) is 6.42 Å². The summed E-state index contributed by atoms with van der Waals surface area (Å²) in [5.41, 5.74) is 0. The normalized spacial score (nSPS) is 19.4. The molecule has 0 aliphatic rings. The van der Waals surface area contributed by atoms with Crippen LogP contribution in [0.25, 0.3) is 0 Å². The van der Waals surface area contributed by atoms with Gasteiger partial charge in [0.2, 0.25) is 0 Å². The SMILES string of the molecule is CCC[C@H](C)[C@@H](O)[C@H](C)CC. The van der Waals surface area contributed by atoms with Gasteiger partial charge < -0.3 is 5.11 Å². The van der Waals surface area contributed by atoms with Crippen LogP contribution in [0.4, 0.5) is 0 Å². The van der Waals surface area contributed by atoms with Crippen molar-refractivity contribution >= 4 is 0 Å². The quantitative estimate of drug-likeness (QED) is 0.652. The fraction of sp³-hybridized carbons (Fsp3) is 1.00. The molecule has 0 bridgehead atoms. The van der Waals surface area contributed by atoms with Crippen LogP contribution < -0.4 is 0 Å². The van der Waals surface area contributed by atoms with Gasteiger partial charge >= 0.3 is 0 Å². The first-order valence-electron chi connectivity index (χ1n) is 4.81. The highest BCUT2D eigenvalue weighted by atomic mass is 16.3. The molecule has 0 aliphatic heterocycles. The Labute approximate surface area is 70.8 Å². The van der Waals surface area contributed by atoms with Crippen molar-refractivity contribution in [2.24, 2.45) is 11.8 Å². The summed E-state index contributed by atoms with van der Waals surface area (Å²) < 4.78 is 0. The molecule has 1 nitrogen and oxygen atoms in total. The van der Waals surface area contributed by atoms with E-state index < -0.39 is 0 Å². The van der Waals surface area contributed by atoms with Crippen LogP contribution in [0.5, 0.6) is 0 Å². The number of hydrogen-bond acceptors (Lipinski definition) is 1. The molecule has 0 amide bonds. The molecule has 0 spiro atoms. The summed E-state index contributed by atoms with van der Waals surface area (Å²) in [7, 11) is 0. The molecule has 1 N–H and O–H groups in total. The molecule has 0 unspecified atom stereocenters. The van der Waals surface area contributed by atoms with E-state index in [9.17, 15) is 5.11 Å². The third kappa shape index (κ3) is 3.76. The molecule has 0 saturated carbocycles. The second-order valence-corrected chi connectivity index (χ2v) is 3.64. The van der Waals surface area contributed by atoms with E-state index in [2.05, 4.69) is 27.7 Å². The summed E-state index contributed by atoms with van der Waals surface area (Å²) >= 11 is 0. The van der Waals surface area contributed by atoms with E-state index in [0.29, 0.717) is 11.8 Å². The molecule has 0 heterocycles. The summed E-state index contributed by atoms with van der Waals surface area (Å²) in [6.45, 7) is 8.56. The average Bonchev–Trinajstić information content (AvgIpc) is 2.02. The summed E-state index contributed by atoms with van der Waals surface area (Å²) in [5.74, 6) is 0.923. The van der Waals surface area contributed by atoms with E-state index in [1.54, 1.807) is 0 Å². The number of rotatable bonds is 5. The van der Waals surface area contributed by atoms with E-state index >= 15 is 0 Å². The zero-order valence-corrected chi connectivity index (χ0v) is 8.30. The Morgan fingerprint density at radius 2 is 1.64 bits per heavy atom. The third-order valence-corrected chi connectivity index (χ3v) is 2.55. The summed E-state index contributed by atoms with van der Waals surface area (Å²) in [6, 6.07) is 0. The lowest BCUT2D eigenvalue weighted by molar-refractivity contribution is 0.0593. The Hall–Kier alpha value is -0.0400. The lowest BCUT2D eigenvalue weighted by Crippen LogP contribution is -2.24. The predicted molar refractivity (Wildman–Crippen MR) is 49.5 cm³/mol. The highest BCUT2D eigenvalue weighted by Gasteiger charge is 2.18. The molecular weight excluding hydrogens is 136 g/mol. The minimum absolute atomic E-state index is 0.0973. The van der Waals surface area contributed by atoms with Crippen LogP contribution in [0.15, 0.2) is 0 Å². The molecule has 68 valence electrons. The van der Waals surface area contributed by atoms with Gasteiger partial charge in [0.1, 0.15) is 0 Å². The number of aliphatic hydroxyl groups excluding tert-OH is 1. The molecule has 0 fully saturated rings.